The van der Waals surface area contributed by atoms with E-state index in [1.807, 2.05) is 24.3 Å². The molecule has 1 saturated heterocycles. The number of imide groups is 1. The minimum Gasteiger partial charge on any atom is -0.480 e. The molecule has 4 rings (SSSR count). The van der Waals surface area contributed by atoms with Gasteiger partial charge in [-0.2, -0.15) is 0 Å². The Balaban J connectivity index is 1.74. The molecule has 1 fully saturated rings. The standard InChI is InChI=1S/C23H28N4O6/c1-11(2)17(19(29)25-16(12(3)28)20(30)31)27-21(32)23(4)18-14(9-10-26(23)22(27)33)13-7-5-6-8-15(13)24-18/h5-8,11-12,16-17,24,28H,9-10H2,1-4H3,(H,25,29)(H,30,31)/t12-,16-,17-,23-/m0/s1. The van der Waals surface area contributed by atoms with Crippen molar-refractivity contribution in [2.75, 3.05) is 6.54 Å². The van der Waals surface area contributed by atoms with Crippen molar-refractivity contribution in [3.05, 3.63) is 35.5 Å². The Bertz CT molecular complexity index is 1160. The number of nitrogens with zero attached hydrogens (tertiary/aromatic N) is 2. The molecule has 2 aliphatic heterocycles. The number of urea groups is 1. The average Bonchev–Trinajstić information content (AvgIpc) is 3.21. The summed E-state index contributed by atoms with van der Waals surface area (Å²) in [6, 6.07) is 4.29. The van der Waals surface area contributed by atoms with E-state index in [0.717, 1.165) is 21.4 Å². The molecular weight excluding hydrogens is 428 g/mol. The highest BCUT2D eigenvalue weighted by atomic mass is 16.4. The normalized spacial score (nSPS) is 22.8. The molecule has 0 saturated carbocycles. The van der Waals surface area contributed by atoms with E-state index >= 15 is 0 Å². The van der Waals surface area contributed by atoms with Crippen molar-refractivity contribution < 1.29 is 29.4 Å². The Kier molecular flexibility index (Phi) is 5.44. The lowest BCUT2D eigenvalue weighted by molar-refractivity contribution is -0.147. The number of benzene rings is 1. The van der Waals surface area contributed by atoms with Crippen LogP contribution >= 0.6 is 0 Å². The van der Waals surface area contributed by atoms with Gasteiger partial charge in [0, 0.05) is 17.4 Å². The van der Waals surface area contributed by atoms with Gasteiger partial charge in [0.1, 0.15) is 6.04 Å². The van der Waals surface area contributed by atoms with Crippen LogP contribution in [-0.4, -0.2) is 73.5 Å². The molecule has 0 unspecified atom stereocenters. The first-order valence-corrected chi connectivity index (χ1v) is 11.0. The van der Waals surface area contributed by atoms with Crippen molar-refractivity contribution in [2.24, 2.45) is 5.92 Å². The number of carbonyl (C=O) groups excluding carboxylic acids is 3. The molecule has 2 aliphatic rings. The molecule has 3 heterocycles. The molecule has 4 amide bonds. The molecule has 0 bridgehead atoms. The minimum atomic E-state index is -1.56. The zero-order valence-corrected chi connectivity index (χ0v) is 19.0. The zero-order valence-electron chi connectivity index (χ0n) is 19.0. The third-order valence-electron chi connectivity index (χ3n) is 6.72. The van der Waals surface area contributed by atoms with Gasteiger partial charge < -0.3 is 25.4 Å². The van der Waals surface area contributed by atoms with E-state index in [0.29, 0.717) is 18.7 Å². The molecule has 33 heavy (non-hydrogen) atoms. The first-order valence-electron chi connectivity index (χ1n) is 11.0. The summed E-state index contributed by atoms with van der Waals surface area (Å²) in [6.07, 6.45) is -0.800. The lowest BCUT2D eigenvalue weighted by Crippen LogP contribution is -2.58. The number of hydrogen-bond acceptors (Lipinski definition) is 5. The van der Waals surface area contributed by atoms with Gasteiger partial charge in [-0.1, -0.05) is 32.0 Å². The third kappa shape index (κ3) is 3.28. The lowest BCUT2D eigenvalue weighted by Gasteiger charge is -2.36. The number of carboxylic acids is 1. The maximum Gasteiger partial charge on any atom is 0.328 e. The number of aromatic nitrogens is 1. The van der Waals surface area contributed by atoms with Gasteiger partial charge in [0.25, 0.3) is 5.91 Å². The van der Waals surface area contributed by atoms with Crippen molar-refractivity contribution >= 4 is 34.7 Å². The van der Waals surface area contributed by atoms with Crippen molar-refractivity contribution in [1.29, 1.82) is 0 Å². The first kappa shape index (κ1) is 22.8. The van der Waals surface area contributed by atoms with E-state index in [9.17, 15) is 29.4 Å². The highest BCUT2D eigenvalue weighted by Crippen LogP contribution is 2.45. The number of rotatable bonds is 6. The summed E-state index contributed by atoms with van der Waals surface area (Å²) in [5, 5.41) is 22.4. The molecule has 4 atom stereocenters. The molecule has 0 radical (unpaired) electrons. The van der Waals surface area contributed by atoms with Gasteiger partial charge in [0.15, 0.2) is 11.6 Å². The summed E-state index contributed by atoms with van der Waals surface area (Å²) in [6.45, 7) is 6.58. The van der Waals surface area contributed by atoms with Crippen LogP contribution in [0.2, 0.25) is 0 Å². The predicted octanol–water partition coefficient (Wildman–Crippen LogP) is 1.18. The van der Waals surface area contributed by atoms with E-state index in [4.69, 9.17) is 0 Å². The number of fused-ring (bicyclic) bond motifs is 5. The van der Waals surface area contributed by atoms with E-state index in [-0.39, 0.29) is 0 Å². The average molecular weight is 456 g/mol. The van der Waals surface area contributed by atoms with Crippen LogP contribution in [-0.2, 0) is 26.3 Å². The quantitative estimate of drug-likeness (QED) is 0.481. The molecule has 2 aromatic rings. The molecule has 1 aromatic carbocycles. The number of aromatic amines is 1. The number of aliphatic hydroxyl groups is 1. The van der Waals surface area contributed by atoms with Crippen LogP contribution in [0.15, 0.2) is 24.3 Å². The van der Waals surface area contributed by atoms with Gasteiger partial charge in [0.2, 0.25) is 5.91 Å². The Hall–Kier alpha value is -3.40. The van der Waals surface area contributed by atoms with Crippen LogP contribution in [0.5, 0.6) is 0 Å². The predicted molar refractivity (Wildman–Crippen MR) is 118 cm³/mol. The number of carbonyl (C=O) groups is 4. The monoisotopic (exact) mass is 456 g/mol. The Morgan fingerprint density at radius 3 is 2.45 bits per heavy atom. The van der Waals surface area contributed by atoms with E-state index in [1.165, 1.54) is 11.8 Å². The van der Waals surface area contributed by atoms with E-state index < -0.39 is 53.5 Å². The number of amides is 4. The Morgan fingerprint density at radius 2 is 1.85 bits per heavy atom. The second-order valence-electron chi connectivity index (χ2n) is 9.21. The van der Waals surface area contributed by atoms with Crippen LogP contribution < -0.4 is 5.32 Å². The fraction of sp³-hybridized carbons (Fsp3) is 0.478. The summed E-state index contributed by atoms with van der Waals surface area (Å²) in [5.41, 5.74) is 1.15. The number of aliphatic carboxylic acids is 1. The van der Waals surface area contributed by atoms with E-state index in [1.54, 1.807) is 20.8 Å². The summed E-state index contributed by atoms with van der Waals surface area (Å²) >= 11 is 0. The molecular formula is C23H28N4O6. The summed E-state index contributed by atoms with van der Waals surface area (Å²) in [4.78, 5) is 57.6. The van der Waals surface area contributed by atoms with Gasteiger partial charge in [-0.25, -0.2) is 14.5 Å². The number of H-pyrrole nitrogens is 1. The van der Waals surface area contributed by atoms with Crippen molar-refractivity contribution in [3.8, 4) is 0 Å². The van der Waals surface area contributed by atoms with Crippen LogP contribution in [0.1, 0.15) is 39.0 Å². The highest BCUT2D eigenvalue weighted by molar-refractivity contribution is 6.11. The zero-order chi connectivity index (χ0) is 24.2. The van der Waals surface area contributed by atoms with Gasteiger partial charge in [-0.15, -0.1) is 0 Å². The second kappa shape index (κ2) is 7.87. The Labute approximate surface area is 190 Å². The van der Waals surface area contributed by atoms with Crippen molar-refractivity contribution in [2.45, 2.75) is 57.8 Å². The smallest absolute Gasteiger partial charge is 0.328 e. The van der Waals surface area contributed by atoms with Crippen molar-refractivity contribution in [3.63, 3.8) is 0 Å². The maximum absolute atomic E-state index is 13.8. The summed E-state index contributed by atoms with van der Waals surface area (Å²) in [5.74, 6) is -3.25. The maximum atomic E-state index is 13.8. The summed E-state index contributed by atoms with van der Waals surface area (Å²) in [7, 11) is 0. The number of hydrogen-bond donors (Lipinski definition) is 4. The Morgan fingerprint density at radius 1 is 1.18 bits per heavy atom. The fourth-order valence-electron chi connectivity index (χ4n) is 5.01. The van der Waals surface area contributed by atoms with Crippen LogP contribution in [0, 0.1) is 5.92 Å². The lowest BCUT2D eigenvalue weighted by atomic mass is 9.86. The van der Waals surface area contributed by atoms with E-state index in [2.05, 4.69) is 10.3 Å². The summed E-state index contributed by atoms with van der Waals surface area (Å²) < 4.78 is 0. The van der Waals surface area contributed by atoms with Gasteiger partial charge in [-0.05, 0) is 37.8 Å². The van der Waals surface area contributed by atoms with Crippen LogP contribution in [0.3, 0.4) is 0 Å². The van der Waals surface area contributed by atoms with Gasteiger partial charge in [-0.3, -0.25) is 9.59 Å². The van der Waals surface area contributed by atoms with Crippen LogP contribution in [0.4, 0.5) is 4.79 Å². The highest BCUT2D eigenvalue weighted by Gasteiger charge is 2.61. The molecule has 0 aliphatic carbocycles. The van der Waals surface area contributed by atoms with Gasteiger partial charge >= 0.3 is 12.0 Å². The number of aliphatic hydroxyl groups excluding tert-OH is 1. The minimum absolute atomic E-state index is 0.310. The first-order chi connectivity index (χ1) is 15.5. The molecule has 4 N–H and O–H groups in total. The molecule has 0 spiro atoms. The molecule has 1 aromatic heterocycles. The topological polar surface area (TPSA) is 143 Å². The largest absolute Gasteiger partial charge is 0.480 e. The second-order valence-corrected chi connectivity index (χ2v) is 9.21. The van der Waals surface area contributed by atoms with Crippen molar-refractivity contribution in [1.82, 2.24) is 20.1 Å². The third-order valence-corrected chi connectivity index (χ3v) is 6.72. The molecule has 176 valence electrons. The van der Waals surface area contributed by atoms with Gasteiger partial charge in [0.05, 0.1) is 11.8 Å². The molecule has 10 nitrogen and oxygen atoms in total. The number of nitrogens with one attached hydrogen (secondary N) is 2. The van der Waals surface area contributed by atoms with Crippen LogP contribution in [0.25, 0.3) is 10.9 Å². The SMILES string of the molecule is CC(C)[C@@H](C(=O)N[C@H](C(=O)O)[C@H](C)O)N1C(=O)N2CCc3c([nH]c4ccccc34)[C@@]2(C)C1=O. The number of carboxylic acid groups (broad SMARTS) is 1. The fourth-order valence-corrected chi connectivity index (χ4v) is 5.01. The molecule has 10 heteroatoms. The number of para-hydroxylation sites is 1.